The predicted octanol–water partition coefficient (Wildman–Crippen LogP) is 4.15. The van der Waals surface area contributed by atoms with E-state index in [0.717, 1.165) is 28.8 Å². The molecule has 0 fully saturated rings. The molecule has 0 spiro atoms. The van der Waals surface area contributed by atoms with Gasteiger partial charge in [0.15, 0.2) is 0 Å². The van der Waals surface area contributed by atoms with Crippen LogP contribution in [-0.4, -0.2) is 23.0 Å². The molecule has 0 unspecified atom stereocenters. The molecule has 4 rings (SSSR count). The Labute approximate surface area is 158 Å². The van der Waals surface area contributed by atoms with Gasteiger partial charge in [0.05, 0.1) is 5.56 Å². The lowest BCUT2D eigenvalue weighted by atomic mass is 9.99. The number of amides is 1. The quantitative estimate of drug-likeness (QED) is 0.653. The van der Waals surface area contributed by atoms with Gasteiger partial charge >= 0.3 is 0 Å². The third kappa shape index (κ3) is 3.47. The Bertz CT molecular complexity index is 1010. The van der Waals surface area contributed by atoms with Crippen molar-refractivity contribution in [3.63, 3.8) is 0 Å². The number of rotatable bonds is 3. The smallest absolute Gasteiger partial charge is 0.252 e. The van der Waals surface area contributed by atoms with E-state index in [-0.39, 0.29) is 11.4 Å². The number of aromatic nitrogens is 1. The Kier molecular flexibility index (Phi) is 4.27. The summed E-state index contributed by atoms with van der Waals surface area (Å²) in [7, 11) is 0. The van der Waals surface area contributed by atoms with E-state index < -0.39 is 5.82 Å². The van der Waals surface area contributed by atoms with E-state index in [1.54, 1.807) is 0 Å². The summed E-state index contributed by atoms with van der Waals surface area (Å²) < 4.78 is 14.0. The van der Waals surface area contributed by atoms with Crippen LogP contribution in [0.1, 0.15) is 42.3 Å². The summed E-state index contributed by atoms with van der Waals surface area (Å²) in [5.41, 5.74) is 5.43. The Morgan fingerprint density at radius 1 is 1.15 bits per heavy atom. The van der Waals surface area contributed by atoms with Gasteiger partial charge in [0.1, 0.15) is 5.82 Å². The average molecular weight is 365 g/mol. The molecule has 0 atom stereocenters. The van der Waals surface area contributed by atoms with Crippen LogP contribution in [-0.2, 0) is 13.0 Å². The van der Waals surface area contributed by atoms with E-state index in [4.69, 9.17) is 0 Å². The minimum atomic E-state index is -0.405. The van der Waals surface area contributed by atoms with Crippen molar-refractivity contribution in [1.29, 1.82) is 0 Å². The molecular weight excluding hydrogens is 341 g/mol. The second-order valence-electron chi connectivity index (χ2n) is 8.16. The molecule has 3 aromatic rings. The van der Waals surface area contributed by atoms with Crippen molar-refractivity contribution in [2.24, 2.45) is 0 Å². The lowest BCUT2D eigenvalue weighted by molar-refractivity contribution is 0.0957. The van der Waals surface area contributed by atoms with Gasteiger partial charge in [-0.25, -0.2) is 4.39 Å². The fraction of sp³-hybridized carbons (Fsp3) is 0.318. The van der Waals surface area contributed by atoms with E-state index in [1.165, 1.54) is 17.7 Å². The van der Waals surface area contributed by atoms with E-state index >= 15 is 0 Å². The van der Waals surface area contributed by atoms with Crippen LogP contribution < -0.4 is 10.6 Å². The molecule has 5 heteroatoms. The second kappa shape index (κ2) is 6.50. The molecule has 0 saturated heterocycles. The molecule has 0 saturated carbocycles. The van der Waals surface area contributed by atoms with Crippen LogP contribution >= 0.6 is 0 Å². The first-order chi connectivity index (χ1) is 12.8. The highest BCUT2D eigenvalue weighted by Crippen LogP contribution is 2.34. The normalized spacial score (nSPS) is 14.3. The summed E-state index contributed by atoms with van der Waals surface area (Å²) >= 11 is 0. The fourth-order valence-corrected chi connectivity index (χ4v) is 3.59. The number of hydrogen-bond acceptors (Lipinski definition) is 2. The van der Waals surface area contributed by atoms with Gasteiger partial charge in [0.25, 0.3) is 5.91 Å². The van der Waals surface area contributed by atoms with Gasteiger partial charge in [0, 0.05) is 35.2 Å². The van der Waals surface area contributed by atoms with Crippen molar-refractivity contribution in [3.8, 4) is 11.3 Å². The molecule has 4 nitrogen and oxygen atoms in total. The van der Waals surface area contributed by atoms with E-state index in [1.807, 2.05) is 0 Å². The molecule has 0 bridgehead atoms. The standard InChI is InChI=1S/C22H24FN3O/c1-22(2,3)25-12-13-4-6-14(7-5-13)20-16-8-9-24-21(27)17-10-15(23)11-18(26-20)19(16)17/h4-7,10-11,25-26H,8-9,12H2,1-3H3,(H,24,27). The fourth-order valence-electron chi connectivity index (χ4n) is 3.59. The molecule has 3 N–H and O–H groups in total. The van der Waals surface area contributed by atoms with Crippen LogP contribution in [0.4, 0.5) is 4.39 Å². The summed E-state index contributed by atoms with van der Waals surface area (Å²) in [6.07, 6.45) is 0.715. The molecule has 2 aromatic carbocycles. The van der Waals surface area contributed by atoms with Gasteiger partial charge in [-0.15, -0.1) is 0 Å². The number of benzene rings is 2. The van der Waals surface area contributed by atoms with E-state index in [0.29, 0.717) is 24.0 Å². The highest BCUT2D eigenvalue weighted by molar-refractivity contribution is 6.10. The van der Waals surface area contributed by atoms with Crippen molar-refractivity contribution in [2.75, 3.05) is 6.54 Å². The molecule has 0 radical (unpaired) electrons. The number of nitrogens with one attached hydrogen (secondary N) is 3. The maximum absolute atomic E-state index is 14.0. The zero-order chi connectivity index (χ0) is 19.2. The first-order valence-corrected chi connectivity index (χ1v) is 9.28. The van der Waals surface area contributed by atoms with Crippen molar-refractivity contribution in [2.45, 2.75) is 39.3 Å². The summed E-state index contributed by atoms with van der Waals surface area (Å²) in [5.74, 6) is -0.620. The van der Waals surface area contributed by atoms with Crippen LogP contribution in [0.5, 0.6) is 0 Å². The van der Waals surface area contributed by atoms with Crippen LogP contribution in [0.2, 0.25) is 0 Å². The summed E-state index contributed by atoms with van der Waals surface area (Å²) in [4.78, 5) is 15.6. The largest absolute Gasteiger partial charge is 0.354 e. The monoisotopic (exact) mass is 365 g/mol. The Morgan fingerprint density at radius 3 is 2.59 bits per heavy atom. The van der Waals surface area contributed by atoms with Crippen LogP contribution in [0, 0.1) is 5.82 Å². The van der Waals surface area contributed by atoms with Crippen LogP contribution in [0.15, 0.2) is 36.4 Å². The Morgan fingerprint density at radius 2 is 1.89 bits per heavy atom. The topological polar surface area (TPSA) is 56.9 Å². The maximum Gasteiger partial charge on any atom is 0.252 e. The van der Waals surface area contributed by atoms with Crippen molar-refractivity contribution in [3.05, 3.63) is 58.9 Å². The zero-order valence-electron chi connectivity index (χ0n) is 15.9. The number of halogens is 1. The molecular formula is C22H24FN3O. The van der Waals surface area contributed by atoms with E-state index in [9.17, 15) is 9.18 Å². The van der Waals surface area contributed by atoms with Crippen molar-refractivity contribution in [1.82, 2.24) is 15.6 Å². The van der Waals surface area contributed by atoms with Gasteiger partial charge in [-0.2, -0.15) is 0 Å². The summed E-state index contributed by atoms with van der Waals surface area (Å²) in [6.45, 7) is 7.78. The molecule has 1 aromatic heterocycles. The molecule has 27 heavy (non-hydrogen) atoms. The lowest BCUT2D eigenvalue weighted by Gasteiger charge is -2.20. The average Bonchev–Trinajstić information content (AvgIpc) is 2.88. The number of carbonyl (C=O) groups is 1. The first kappa shape index (κ1) is 17.7. The van der Waals surface area contributed by atoms with Gasteiger partial charge < -0.3 is 15.6 Å². The molecule has 140 valence electrons. The number of carbonyl (C=O) groups excluding carboxylic acids is 1. The first-order valence-electron chi connectivity index (χ1n) is 9.28. The van der Waals surface area contributed by atoms with Gasteiger partial charge in [-0.3, -0.25) is 4.79 Å². The second-order valence-corrected chi connectivity index (χ2v) is 8.16. The van der Waals surface area contributed by atoms with Gasteiger partial charge in [0.2, 0.25) is 0 Å². The van der Waals surface area contributed by atoms with Crippen molar-refractivity contribution < 1.29 is 9.18 Å². The SMILES string of the molecule is CC(C)(C)NCc1ccc(-c2[nH]c3cc(F)cc4c3c2CCNC4=O)cc1. The Hall–Kier alpha value is -2.66. The highest BCUT2D eigenvalue weighted by atomic mass is 19.1. The number of H-pyrrole nitrogens is 1. The van der Waals surface area contributed by atoms with Crippen LogP contribution in [0.25, 0.3) is 22.2 Å². The maximum atomic E-state index is 14.0. The summed E-state index contributed by atoms with van der Waals surface area (Å²) in [6, 6.07) is 11.2. The highest BCUT2D eigenvalue weighted by Gasteiger charge is 2.23. The minimum absolute atomic E-state index is 0.0677. The lowest BCUT2D eigenvalue weighted by Crippen LogP contribution is -2.35. The van der Waals surface area contributed by atoms with E-state index in [2.05, 4.69) is 60.7 Å². The third-order valence-corrected chi connectivity index (χ3v) is 4.94. The minimum Gasteiger partial charge on any atom is -0.354 e. The van der Waals surface area contributed by atoms with Gasteiger partial charge in [-0.1, -0.05) is 24.3 Å². The van der Waals surface area contributed by atoms with Crippen LogP contribution in [0.3, 0.4) is 0 Å². The molecule has 0 aliphatic carbocycles. The molecule has 1 amide bonds. The zero-order valence-corrected chi connectivity index (χ0v) is 15.9. The predicted molar refractivity (Wildman–Crippen MR) is 106 cm³/mol. The molecule has 1 aliphatic heterocycles. The molecule has 2 heterocycles. The third-order valence-electron chi connectivity index (χ3n) is 4.94. The number of aromatic amines is 1. The Balaban J connectivity index is 1.75. The van der Waals surface area contributed by atoms with Gasteiger partial charge in [-0.05, 0) is 56.0 Å². The molecule has 1 aliphatic rings. The summed E-state index contributed by atoms with van der Waals surface area (Å²) in [5, 5.41) is 7.17. The number of hydrogen-bond donors (Lipinski definition) is 3. The van der Waals surface area contributed by atoms with Crippen molar-refractivity contribution >= 4 is 16.8 Å².